The Morgan fingerprint density at radius 2 is 1.16 bits per heavy atom. The molecule has 0 amide bonds. The normalized spacial score (nSPS) is 30.3. The van der Waals surface area contributed by atoms with Gasteiger partial charge in [-0.15, -0.1) is 0 Å². The number of rotatable bonds is 8. The lowest BCUT2D eigenvalue weighted by Crippen LogP contribution is -2.57. The molecular formula is C87H88BN3. The highest BCUT2D eigenvalue weighted by Gasteiger charge is 2.77. The van der Waals surface area contributed by atoms with Gasteiger partial charge in [-0.1, -0.05) is 159 Å². The quantitative estimate of drug-likeness (QED) is 0.141. The molecule has 13 aliphatic rings. The van der Waals surface area contributed by atoms with E-state index in [0.717, 1.165) is 41.9 Å². The minimum Gasteiger partial charge on any atom is -0.375 e. The third kappa shape index (κ3) is 7.14. The van der Waals surface area contributed by atoms with Crippen LogP contribution in [0.15, 0.2) is 182 Å². The van der Waals surface area contributed by atoms with Crippen LogP contribution in [0.2, 0.25) is 0 Å². The van der Waals surface area contributed by atoms with Crippen molar-refractivity contribution in [2.24, 2.45) is 51.8 Å². The highest BCUT2D eigenvalue weighted by molar-refractivity contribution is 6.90. The van der Waals surface area contributed by atoms with Crippen molar-refractivity contribution in [3.05, 3.63) is 209 Å². The standard InChI is InChI=1S/C87H88BN3/c1-51-16-14-15-19-66(51)53-36-69-71-41-60(85-46-62-35-55-44-87(62,50-85)73(55)48-85)40-70-68-39-59(84-45-61-34-54-43-86(61,49-84)72(54)47-84)25-32-76(68)91(80(70)71)88-74-42-65(89(63-26-20-56(21-27-63)81(2,3)4)64-28-22-57(23-29-64)82(5,6)7)30-33-77(74)90(78(37-53)79(69)88)75-31-24-58(83(8,9)10)38-67(75)52-17-12-11-13-18-52/h11-28,30-33,36-42,54-55,61-62,64,72-73H,29,34-35,43-50H2,1-10H3. The topological polar surface area (TPSA) is 11.4 Å². The molecule has 10 saturated carbocycles. The first-order valence-electron chi connectivity index (χ1n) is 35.5. The summed E-state index contributed by atoms with van der Waals surface area (Å²) in [6.45, 7) is 23.4. The van der Waals surface area contributed by atoms with Gasteiger partial charge < -0.3 is 14.3 Å². The van der Waals surface area contributed by atoms with Crippen molar-refractivity contribution in [3.8, 4) is 33.4 Å². The highest BCUT2D eigenvalue weighted by atomic mass is 15.2. The second kappa shape index (κ2) is 17.7. The lowest BCUT2D eigenvalue weighted by Gasteiger charge is -2.45. The summed E-state index contributed by atoms with van der Waals surface area (Å²) in [5.74, 6) is 5.65. The summed E-state index contributed by atoms with van der Waals surface area (Å²) < 4.78 is 2.93. The molecule has 6 bridgehead atoms. The van der Waals surface area contributed by atoms with E-state index in [4.69, 9.17) is 0 Å². The van der Waals surface area contributed by atoms with Crippen molar-refractivity contribution >= 4 is 68.0 Å². The Morgan fingerprint density at radius 3 is 1.82 bits per heavy atom. The fourth-order valence-corrected chi connectivity index (χ4v) is 23.7. The predicted octanol–water partition coefficient (Wildman–Crippen LogP) is 21.0. The van der Waals surface area contributed by atoms with E-state index in [-0.39, 0.29) is 34.5 Å². The smallest absolute Gasteiger partial charge is 0.333 e. The summed E-state index contributed by atoms with van der Waals surface area (Å²) in [7, 11) is 0. The number of benzene rings is 8. The molecule has 0 saturated heterocycles. The van der Waals surface area contributed by atoms with E-state index in [0.29, 0.717) is 16.2 Å². The van der Waals surface area contributed by atoms with Gasteiger partial charge in [-0.3, -0.25) is 0 Å². The van der Waals surface area contributed by atoms with Crippen molar-refractivity contribution < 1.29 is 0 Å². The molecule has 11 unspecified atom stereocenters. The van der Waals surface area contributed by atoms with Crippen molar-refractivity contribution in [1.29, 1.82) is 0 Å². The van der Waals surface area contributed by atoms with Crippen molar-refractivity contribution in [2.75, 3.05) is 9.80 Å². The van der Waals surface area contributed by atoms with E-state index < -0.39 is 0 Å². The highest BCUT2D eigenvalue weighted by Crippen LogP contribution is 2.85. The van der Waals surface area contributed by atoms with E-state index in [1.165, 1.54) is 181 Å². The Labute approximate surface area is 541 Å². The molecule has 1 aromatic heterocycles. The summed E-state index contributed by atoms with van der Waals surface area (Å²) in [4.78, 5) is 5.44. The number of allylic oxidation sites excluding steroid dienone is 2. The van der Waals surface area contributed by atoms with Crippen LogP contribution in [0.4, 0.5) is 28.4 Å². The van der Waals surface area contributed by atoms with Gasteiger partial charge in [0, 0.05) is 55.7 Å². The zero-order chi connectivity index (χ0) is 61.4. The summed E-state index contributed by atoms with van der Waals surface area (Å²) in [6.07, 6.45) is 22.8. The molecule has 2 spiro atoms. The van der Waals surface area contributed by atoms with Crippen LogP contribution in [0.3, 0.4) is 0 Å². The average Bonchev–Trinajstić information content (AvgIpc) is 1.51. The summed E-state index contributed by atoms with van der Waals surface area (Å²) >= 11 is 0. The minimum atomic E-state index is -0.107. The molecule has 11 aliphatic carbocycles. The first-order chi connectivity index (χ1) is 43.7. The van der Waals surface area contributed by atoms with E-state index >= 15 is 0 Å². The molecule has 9 aromatic rings. The Bertz CT molecular complexity index is 4720. The van der Waals surface area contributed by atoms with Crippen LogP contribution in [-0.2, 0) is 21.7 Å². The van der Waals surface area contributed by atoms with Crippen LogP contribution in [0.5, 0.6) is 0 Å². The van der Waals surface area contributed by atoms with Gasteiger partial charge in [-0.25, -0.2) is 0 Å². The van der Waals surface area contributed by atoms with E-state index in [9.17, 15) is 0 Å². The monoisotopic (exact) mass is 1190 g/mol. The molecule has 10 fully saturated rings. The second-order valence-corrected chi connectivity index (χ2v) is 35.1. The SMILES string of the molecule is Cc1ccccc1-c1cc2c3c(c1)N(c1ccc(C(C)(C)C)cc1-c1ccccc1)c1ccc(N(c4ccc(C(C)(C)C)cc4)C4C=CC(C(C)(C)C)=CC4)cc1B3n1c3ccc(C45CC6CC7CC6(C4)C7C5)cc3c3cc(C45CC6CC7CC6(C4)C7C5)cc-2c31. The number of anilines is 5. The van der Waals surface area contributed by atoms with Gasteiger partial charge in [-0.05, 0) is 296 Å². The zero-order valence-electron chi connectivity index (χ0n) is 55.5. The number of nitrogens with zero attached hydrogens (tertiary/aromatic N) is 3. The van der Waals surface area contributed by atoms with Gasteiger partial charge >= 0.3 is 6.85 Å². The molecule has 0 radical (unpaired) electrons. The van der Waals surface area contributed by atoms with E-state index in [1.807, 2.05) is 0 Å². The summed E-state index contributed by atoms with van der Waals surface area (Å²) in [6, 6.07) is 64.6. The van der Waals surface area contributed by atoms with Crippen LogP contribution in [0, 0.1) is 58.7 Å². The maximum absolute atomic E-state index is 2.93. The van der Waals surface area contributed by atoms with Crippen molar-refractivity contribution in [2.45, 2.75) is 168 Å². The van der Waals surface area contributed by atoms with E-state index in [2.05, 4.69) is 259 Å². The van der Waals surface area contributed by atoms with E-state index in [1.54, 1.807) is 11.1 Å². The summed E-state index contributed by atoms with van der Waals surface area (Å²) in [5, 5.41) is 3.01. The van der Waals surface area contributed by atoms with Gasteiger partial charge in [0.15, 0.2) is 0 Å². The van der Waals surface area contributed by atoms with Gasteiger partial charge in [-0.2, -0.15) is 0 Å². The lowest BCUT2D eigenvalue weighted by atomic mass is 9.45. The zero-order valence-corrected chi connectivity index (χ0v) is 55.5. The lowest BCUT2D eigenvalue weighted by molar-refractivity contribution is 0.0381. The largest absolute Gasteiger partial charge is 0.375 e. The molecule has 11 atom stereocenters. The van der Waals surface area contributed by atoms with Crippen LogP contribution in [-0.4, -0.2) is 17.4 Å². The summed E-state index contributed by atoms with van der Waals surface area (Å²) in [5.41, 5.74) is 30.4. The molecule has 22 rings (SSSR count). The molecule has 0 N–H and O–H groups in total. The van der Waals surface area contributed by atoms with Crippen molar-refractivity contribution in [1.82, 2.24) is 4.48 Å². The van der Waals surface area contributed by atoms with Gasteiger partial charge in [0.05, 0.1) is 11.7 Å². The number of fused-ring (bicyclic) bond motifs is 9. The maximum atomic E-state index is 2.93. The molecule has 4 heteroatoms. The van der Waals surface area contributed by atoms with Crippen LogP contribution < -0.4 is 20.7 Å². The van der Waals surface area contributed by atoms with Gasteiger partial charge in [0.2, 0.25) is 0 Å². The Balaban J connectivity index is 0.887. The van der Waals surface area contributed by atoms with Crippen molar-refractivity contribution in [3.63, 3.8) is 0 Å². The first kappa shape index (κ1) is 54.3. The van der Waals surface area contributed by atoms with Gasteiger partial charge in [0.25, 0.3) is 0 Å². The molecule has 454 valence electrons. The molecule has 3 heterocycles. The average molecular weight is 1190 g/mol. The maximum Gasteiger partial charge on any atom is 0.333 e. The molecule has 91 heavy (non-hydrogen) atoms. The number of hydrogen-bond acceptors (Lipinski definition) is 2. The van der Waals surface area contributed by atoms with Crippen LogP contribution in [0.1, 0.15) is 161 Å². The number of aryl methyl sites for hydroxylation is 1. The molecule has 8 aromatic carbocycles. The fraction of sp³-hybridized carbons (Fsp3) is 0.402. The van der Waals surface area contributed by atoms with Crippen LogP contribution >= 0.6 is 0 Å². The number of aromatic nitrogens is 1. The predicted molar refractivity (Wildman–Crippen MR) is 382 cm³/mol. The molecule has 2 aliphatic heterocycles. The Hall–Kier alpha value is -7.30. The minimum absolute atomic E-state index is 0.0389. The third-order valence-corrected chi connectivity index (χ3v) is 27.6. The Kier molecular flexibility index (Phi) is 10.5. The number of hydrogen-bond donors (Lipinski definition) is 0. The molecular weight excluding hydrogens is 1100 g/mol. The second-order valence-electron chi connectivity index (χ2n) is 35.1. The van der Waals surface area contributed by atoms with Gasteiger partial charge in [0.1, 0.15) is 0 Å². The first-order valence-corrected chi connectivity index (χ1v) is 35.5. The molecule has 3 nitrogen and oxygen atoms in total. The van der Waals surface area contributed by atoms with Crippen LogP contribution in [0.25, 0.3) is 55.2 Å². The fourth-order valence-electron chi connectivity index (χ4n) is 23.7. The third-order valence-electron chi connectivity index (χ3n) is 27.6. The Morgan fingerprint density at radius 1 is 0.505 bits per heavy atom.